The van der Waals surface area contributed by atoms with E-state index in [1.807, 2.05) is 0 Å². The second-order valence-corrected chi connectivity index (χ2v) is 4.46. The first kappa shape index (κ1) is 15.4. The van der Waals surface area contributed by atoms with Crippen LogP contribution in [-0.2, 0) is 11.4 Å². The smallest absolute Gasteiger partial charge is 0.224 e. The summed E-state index contributed by atoms with van der Waals surface area (Å²) in [6.07, 6.45) is 0. The number of anilines is 1. The standard InChI is InChI=1S/C13H18F2N2O2/c1-8(13(19)16-2)6-17(3)12-10(14)4-9(7-18)5-11(12)15/h4-5,8,18H,6-7H2,1-3H3,(H,16,19). The number of hydrogen-bond donors (Lipinski definition) is 2. The maximum Gasteiger partial charge on any atom is 0.224 e. The van der Waals surface area contributed by atoms with Crippen molar-refractivity contribution in [3.63, 3.8) is 0 Å². The zero-order valence-electron chi connectivity index (χ0n) is 11.2. The molecule has 0 heterocycles. The Morgan fingerprint density at radius 2 is 1.95 bits per heavy atom. The van der Waals surface area contributed by atoms with Crippen molar-refractivity contribution in [1.82, 2.24) is 5.32 Å². The maximum atomic E-state index is 13.8. The second-order valence-electron chi connectivity index (χ2n) is 4.46. The number of amides is 1. The van der Waals surface area contributed by atoms with Crippen molar-refractivity contribution in [2.75, 3.05) is 25.5 Å². The minimum atomic E-state index is -0.754. The first-order valence-corrected chi connectivity index (χ1v) is 5.92. The van der Waals surface area contributed by atoms with Crippen LogP contribution in [0.25, 0.3) is 0 Å². The Kier molecular flexibility index (Phi) is 5.23. The molecule has 0 spiro atoms. The highest BCUT2D eigenvalue weighted by molar-refractivity contribution is 5.78. The second kappa shape index (κ2) is 6.47. The summed E-state index contributed by atoms with van der Waals surface area (Å²) in [4.78, 5) is 12.7. The van der Waals surface area contributed by atoms with Gasteiger partial charge in [-0.05, 0) is 17.7 Å². The van der Waals surface area contributed by atoms with Crippen LogP contribution in [0.3, 0.4) is 0 Å². The number of rotatable bonds is 5. The molecule has 0 fully saturated rings. The SMILES string of the molecule is CNC(=O)C(C)CN(C)c1c(F)cc(CO)cc1F. The fourth-order valence-electron chi connectivity index (χ4n) is 1.91. The molecule has 2 N–H and O–H groups in total. The van der Waals surface area contributed by atoms with E-state index in [0.29, 0.717) is 0 Å². The van der Waals surface area contributed by atoms with E-state index in [1.54, 1.807) is 6.92 Å². The van der Waals surface area contributed by atoms with E-state index in [4.69, 9.17) is 5.11 Å². The minimum Gasteiger partial charge on any atom is -0.392 e. The van der Waals surface area contributed by atoms with Gasteiger partial charge in [-0.25, -0.2) is 8.78 Å². The molecule has 0 bridgehead atoms. The Hall–Kier alpha value is -1.69. The average Bonchev–Trinajstić information content (AvgIpc) is 2.36. The van der Waals surface area contributed by atoms with Gasteiger partial charge in [-0.3, -0.25) is 4.79 Å². The fraction of sp³-hybridized carbons (Fsp3) is 0.462. The van der Waals surface area contributed by atoms with Gasteiger partial charge in [0.2, 0.25) is 5.91 Å². The van der Waals surface area contributed by atoms with Crippen molar-refractivity contribution in [3.8, 4) is 0 Å². The van der Waals surface area contributed by atoms with Gasteiger partial charge in [-0.2, -0.15) is 0 Å². The third kappa shape index (κ3) is 3.64. The number of carbonyl (C=O) groups excluding carboxylic acids is 1. The van der Waals surface area contributed by atoms with Crippen LogP contribution in [0, 0.1) is 17.6 Å². The molecule has 19 heavy (non-hydrogen) atoms. The molecule has 0 saturated heterocycles. The van der Waals surface area contributed by atoms with Gasteiger partial charge in [0.05, 0.1) is 12.5 Å². The lowest BCUT2D eigenvalue weighted by molar-refractivity contribution is -0.123. The Labute approximate surface area is 111 Å². The van der Waals surface area contributed by atoms with Crippen LogP contribution in [-0.4, -0.2) is 31.7 Å². The van der Waals surface area contributed by atoms with Crippen molar-refractivity contribution >= 4 is 11.6 Å². The Morgan fingerprint density at radius 3 is 2.37 bits per heavy atom. The molecule has 0 radical (unpaired) electrons. The van der Waals surface area contributed by atoms with Crippen molar-refractivity contribution < 1.29 is 18.7 Å². The molecular formula is C13H18F2N2O2. The molecular weight excluding hydrogens is 254 g/mol. The van der Waals surface area contributed by atoms with Gasteiger partial charge in [0.25, 0.3) is 0 Å². The third-order valence-electron chi connectivity index (χ3n) is 2.88. The lowest BCUT2D eigenvalue weighted by atomic mass is 10.1. The van der Waals surface area contributed by atoms with Gasteiger partial charge in [-0.15, -0.1) is 0 Å². The molecule has 4 nitrogen and oxygen atoms in total. The fourth-order valence-corrected chi connectivity index (χ4v) is 1.91. The van der Waals surface area contributed by atoms with E-state index in [-0.39, 0.29) is 23.7 Å². The molecule has 106 valence electrons. The zero-order chi connectivity index (χ0) is 14.6. The van der Waals surface area contributed by atoms with Gasteiger partial charge in [0.15, 0.2) is 0 Å². The molecule has 1 aromatic rings. The van der Waals surface area contributed by atoms with E-state index in [1.165, 1.54) is 19.0 Å². The van der Waals surface area contributed by atoms with E-state index < -0.39 is 24.2 Å². The largest absolute Gasteiger partial charge is 0.392 e. The summed E-state index contributed by atoms with van der Waals surface area (Å²) in [5.74, 6) is -2.10. The van der Waals surface area contributed by atoms with E-state index in [2.05, 4.69) is 5.32 Å². The first-order chi connectivity index (χ1) is 8.90. The zero-order valence-corrected chi connectivity index (χ0v) is 11.2. The number of carbonyl (C=O) groups is 1. The van der Waals surface area contributed by atoms with Crippen molar-refractivity contribution in [1.29, 1.82) is 0 Å². The molecule has 0 saturated carbocycles. The number of hydrogen-bond acceptors (Lipinski definition) is 3. The lowest BCUT2D eigenvalue weighted by Crippen LogP contribution is -2.35. The van der Waals surface area contributed by atoms with Crippen molar-refractivity contribution in [2.45, 2.75) is 13.5 Å². The summed E-state index contributed by atoms with van der Waals surface area (Å²) in [6, 6.07) is 2.17. The summed E-state index contributed by atoms with van der Waals surface area (Å²) in [5, 5.41) is 11.3. The summed E-state index contributed by atoms with van der Waals surface area (Å²) < 4.78 is 27.6. The van der Waals surface area contributed by atoms with Crippen LogP contribution in [0.4, 0.5) is 14.5 Å². The number of nitrogens with one attached hydrogen (secondary N) is 1. The highest BCUT2D eigenvalue weighted by Gasteiger charge is 2.19. The Bertz CT molecular complexity index is 443. The van der Waals surface area contributed by atoms with Crippen LogP contribution in [0.5, 0.6) is 0 Å². The monoisotopic (exact) mass is 272 g/mol. The van der Waals surface area contributed by atoms with Crippen LogP contribution in [0.2, 0.25) is 0 Å². The van der Waals surface area contributed by atoms with Gasteiger partial charge in [0.1, 0.15) is 17.3 Å². The van der Waals surface area contributed by atoms with Gasteiger partial charge in [0, 0.05) is 20.6 Å². The van der Waals surface area contributed by atoms with Crippen LogP contribution in [0.1, 0.15) is 12.5 Å². The quantitative estimate of drug-likeness (QED) is 0.849. The molecule has 6 heteroatoms. The summed E-state index contributed by atoms with van der Waals surface area (Å²) >= 11 is 0. The Balaban J connectivity index is 2.94. The minimum absolute atomic E-state index is 0.173. The maximum absolute atomic E-state index is 13.8. The predicted octanol–water partition coefficient (Wildman–Crippen LogP) is 1.28. The molecule has 1 aromatic carbocycles. The number of nitrogens with zero attached hydrogens (tertiary/aromatic N) is 1. The molecule has 1 atom stereocenters. The summed E-state index contributed by atoms with van der Waals surface area (Å²) in [5.41, 5.74) is -0.0283. The molecule has 0 aromatic heterocycles. The first-order valence-electron chi connectivity index (χ1n) is 5.92. The van der Waals surface area contributed by atoms with E-state index >= 15 is 0 Å². The van der Waals surface area contributed by atoms with E-state index in [0.717, 1.165) is 12.1 Å². The molecule has 0 aliphatic heterocycles. The third-order valence-corrected chi connectivity index (χ3v) is 2.88. The topological polar surface area (TPSA) is 52.6 Å². The average molecular weight is 272 g/mol. The van der Waals surface area contributed by atoms with Crippen molar-refractivity contribution in [2.24, 2.45) is 5.92 Å². The predicted molar refractivity (Wildman–Crippen MR) is 68.8 cm³/mol. The molecule has 0 aliphatic carbocycles. The molecule has 1 rings (SSSR count). The Morgan fingerprint density at radius 1 is 1.42 bits per heavy atom. The van der Waals surface area contributed by atoms with Gasteiger partial charge >= 0.3 is 0 Å². The summed E-state index contributed by atoms with van der Waals surface area (Å²) in [7, 11) is 3.02. The molecule has 0 aliphatic rings. The van der Waals surface area contributed by atoms with Crippen molar-refractivity contribution in [3.05, 3.63) is 29.3 Å². The molecule has 1 unspecified atom stereocenters. The van der Waals surface area contributed by atoms with Crippen LogP contribution < -0.4 is 10.2 Å². The number of benzene rings is 1. The van der Waals surface area contributed by atoms with Gasteiger partial charge in [-0.1, -0.05) is 6.92 Å². The number of halogens is 2. The van der Waals surface area contributed by atoms with Crippen LogP contribution in [0.15, 0.2) is 12.1 Å². The highest BCUT2D eigenvalue weighted by atomic mass is 19.1. The summed E-state index contributed by atoms with van der Waals surface area (Å²) in [6.45, 7) is 1.44. The van der Waals surface area contributed by atoms with E-state index in [9.17, 15) is 13.6 Å². The highest BCUT2D eigenvalue weighted by Crippen LogP contribution is 2.24. The lowest BCUT2D eigenvalue weighted by Gasteiger charge is -2.23. The molecule has 1 amide bonds. The van der Waals surface area contributed by atoms with Gasteiger partial charge < -0.3 is 15.3 Å². The number of aliphatic hydroxyl groups excluding tert-OH is 1. The van der Waals surface area contributed by atoms with Crippen LogP contribution >= 0.6 is 0 Å². The number of aliphatic hydroxyl groups is 1. The normalized spacial score (nSPS) is 12.1.